The molecule has 4 atom stereocenters. The minimum absolute atomic E-state index is 0.0708. The van der Waals surface area contributed by atoms with Gasteiger partial charge in [-0.3, -0.25) is 19.2 Å². The van der Waals surface area contributed by atoms with Crippen LogP contribution in [0.4, 0.5) is 0 Å². The number of carbonyl (C=O) groups excluding carboxylic acids is 4. The minimum atomic E-state index is -1.19. The molecular formula is C19H36N6O6. The van der Waals surface area contributed by atoms with Crippen LogP contribution in [0.25, 0.3) is 0 Å². The van der Waals surface area contributed by atoms with Gasteiger partial charge in [-0.2, -0.15) is 0 Å². The van der Waals surface area contributed by atoms with E-state index in [1.807, 2.05) is 6.92 Å². The smallest absolute Gasteiger partial charge is 0.326 e. The molecule has 0 bridgehead atoms. The average molecular weight is 445 g/mol. The second-order valence-electron chi connectivity index (χ2n) is 7.38. The van der Waals surface area contributed by atoms with E-state index in [-0.39, 0.29) is 31.7 Å². The lowest BCUT2D eigenvalue weighted by Crippen LogP contribution is -2.58. The first-order valence-electron chi connectivity index (χ1n) is 10.4. The molecule has 12 heteroatoms. The Morgan fingerprint density at radius 2 is 1.55 bits per heavy atom. The molecule has 4 unspecified atom stereocenters. The van der Waals surface area contributed by atoms with Gasteiger partial charge >= 0.3 is 5.97 Å². The molecule has 0 saturated heterocycles. The summed E-state index contributed by atoms with van der Waals surface area (Å²) in [6.45, 7) is 3.59. The molecule has 0 spiro atoms. The maximum atomic E-state index is 12.8. The zero-order chi connectivity index (χ0) is 24.0. The fourth-order valence-corrected chi connectivity index (χ4v) is 2.78. The maximum absolute atomic E-state index is 12.8. The monoisotopic (exact) mass is 444 g/mol. The average Bonchev–Trinajstić information content (AvgIpc) is 2.72. The predicted molar refractivity (Wildman–Crippen MR) is 113 cm³/mol. The van der Waals surface area contributed by atoms with E-state index in [9.17, 15) is 29.1 Å². The summed E-state index contributed by atoms with van der Waals surface area (Å²) < 4.78 is 0. The summed E-state index contributed by atoms with van der Waals surface area (Å²) in [6, 6.07) is -3.28. The van der Waals surface area contributed by atoms with Crippen LogP contribution < -0.4 is 33.2 Å². The summed E-state index contributed by atoms with van der Waals surface area (Å²) in [5, 5.41) is 16.8. The first-order chi connectivity index (χ1) is 14.6. The van der Waals surface area contributed by atoms with Gasteiger partial charge in [0.25, 0.3) is 0 Å². The molecule has 0 radical (unpaired) electrons. The summed E-state index contributed by atoms with van der Waals surface area (Å²) in [6.07, 6.45) is 1.63. The number of aliphatic carboxylic acids is 1. The Balaban J connectivity index is 5.38. The number of hydrogen-bond donors (Lipinski definition) is 7. The van der Waals surface area contributed by atoms with Crippen LogP contribution in [0.5, 0.6) is 0 Å². The molecule has 31 heavy (non-hydrogen) atoms. The third-order valence-corrected chi connectivity index (χ3v) is 4.87. The van der Waals surface area contributed by atoms with Crippen molar-refractivity contribution in [2.75, 3.05) is 13.1 Å². The minimum Gasteiger partial charge on any atom is -0.480 e. The molecule has 10 N–H and O–H groups in total. The summed E-state index contributed by atoms with van der Waals surface area (Å²) in [4.78, 5) is 59.8. The molecule has 0 saturated carbocycles. The summed E-state index contributed by atoms with van der Waals surface area (Å²) in [5.41, 5.74) is 15.8. The van der Waals surface area contributed by atoms with Crippen molar-refractivity contribution in [2.45, 2.75) is 70.5 Å². The third-order valence-electron chi connectivity index (χ3n) is 4.87. The molecule has 0 aromatic carbocycles. The first-order valence-corrected chi connectivity index (χ1v) is 10.4. The SMILES string of the molecule is CCC(C)C(NC(=O)C(CCC(N)=O)NC(=O)CN)C(=O)NC(CCCCN)C(=O)O. The number of amides is 4. The van der Waals surface area contributed by atoms with Crippen LogP contribution >= 0.6 is 0 Å². The van der Waals surface area contributed by atoms with Gasteiger partial charge in [0.05, 0.1) is 6.54 Å². The molecule has 0 aromatic heterocycles. The van der Waals surface area contributed by atoms with Crippen LogP contribution in [0.2, 0.25) is 0 Å². The zero-order valence-electron chi connectivity index (χ0n) is 18.2. The Morgan fingerprint density at radius 3 is 2.03 bits per heavy atom. The van der Waals surface area contributed by atoms with Gasteiger partial charge in [-0.15, -0.1) is 0 Å². The van der Waals surface area contributed by atoms with Gasteiger partial charge in [0.1, 0.15) is 18.1 Å². The van der Waals surface area contributed by atoms with Gasteiger partial charge < -0.3 is 38.3 Å². The van der Waals surface area contributed by atoms with Gasteiger partial charge in [0.15, 0.2) is 0 Å². The topological polar surface area (TPSA) is 220 Å². The molecule has 0 aliphatic carbocycles. The Morgan fingerprint density at radius 1 is 0.903 bits per heavy atom. The van der Waals surface area contributed by atoms with E-state index in [1.54, 1.807) is 6.92 Å². The summed E-state index contributed by atoms with van der Waals surface area (Å²) in [7, 11) is 0. The van der Waals surface area contributed by atoms with Crippen LogP contribution in [0.1, 0.15) is 52.4 Å². The molecule has 178 valence electrons. The van der Waals surface area contributed by atoms with Crippen LogP contribution in [0.15, 0.2) is 0 Å². The number of primary amides is 1. The fourth-order valence-electron chi connectivity index (χ4n) is 2.78. The van der Waals surface area contributed by atoms with Gasteiger partial charge in [0, 0.05) is 6.42 Å². The molecule has 0 heterocycles. The van der Waals surface area contributed by atoms with Crippen molar-refractivity contribution in [1.82, 2.24) is 16.0 Å². The van der Waals surface area contributed by atoms with Crippen molar-refractivity contribution in [2.24, 2.45) is 23.1 Å². The van der Waals surface area contributed by atoms with Gasteiger partial charge in [-0.1, -0.05) is 20.3 Å². The predicted octanol–water partition coefficient (Wildman–Crippen LogP) is -2.08. The number of nitrogens with two attached hydrogens (primary N) is 3. The Hall–Kier alpha value is -2.73. The highest BCUT2D eigenvalue weighted by atomic mass is 16.4. The molecule has 4 amide bonds. The molecule has 0 aliphatic heterocycles. The Labute approximate surface area is 182 Å². The summed E-state index contributed by atoms with van der Waals surface area (Å²) in [5.74, 6) is -4.13. The van der Waals surface area contributed by atoms with Gasteiger partial charge in [-0.05, 0) is 38.1 Å². The van der Waals surface area contributed by atoms with Crippen molar-refractivity contribution in [3.05, 3.63) is 0 Å². The lowest BCUT2D eigenvalue weighted by Gasteiger charge is -2.27. The van der Waals surface area contributed by atoms with Crippen molar-refractivity contribution in [1.29, 1.82) is 0 Å². The van der Waals surface area contributed by atoms with Gasteiger partial charge in [-0.25, -0.2) is 4.79 Å². The van der Waals surface area contributed by atoms with E-state index in [0.717, 1.165) is 0 Å². The van der Waals surface area contributed by atoms with E-state index in [2.05, 4.69) is 16.0 Å². The van der Waals surface area contributed by atoms with Crippen molar-refractivity contribution < 1.29 is 29.1 Å². The van der Waals surface area contributed by atoms with Crippen molar-refractivity contribution in [3.8, 4) is 0 Å². The van der Waals surface area contributed by atoms with Crippen LogP contribution in [0, 0.1) is 5.92 Å². The summed E-state index contributed by atoms with van der Waals surface area (Å²) >= 11 is 0. The van der Waals surface area contributed by atoms with Crippen LogP contribution in [-0.2, 0) is 24.0 Å². The number of carbonyl (C=O) groups is 5. The quantitative estimate of drug-likeness (QED) is 0.131. The number of carboxylic acids is 1. The fraction of sp³-hybridized carbons (Fsp3) is 0.737. The lowest BCUT2D eigenvalue weighted by molar-refractivity contribution is -0.143. The molecular weight excluding hydrogens is 408 g/mol. The molecule has 0 rings (SSSR count). The van der Waals surface area contributed by atoms with E-state index >= 15 is 0 Å². The van der Waals surface area contributed by atoms with E-state index in [0.29, 0.717) is 25.8 Å². The van der Waals surface area contributed by atoms with E-state index in [1.165, 1.54) is 0 Å². The number of rotatable bonds is 16. The second kappa shape index (κ2) is 15.1. The first kappa shape index (κ1) is 28.3. The number of carboxylic acid groups (broad SMARTS) is 1. The normalized spacial score (nSPS) is 14.6. The number of hydrogen-bond acceptors (Lipinski definition) is 7. The third kappa shape index (κ3) is 11.3. The molecule has 0 fully saturated rings. The Bertz CT molecular complexity index is 629. The highest BCUT2D eigenvalue weighted by Crippen LogP contribution is 2.11. The van der Waals surface area contributed by atoms with E-state index in [4.69, 9.17) is 17.2 Å². The van der Waals surface area contributed by atoms with Crippen molar-refractivity contribution in [3.63, 3.8) is 0 Å². The number of unbranched alkanes of at least 4 members (excludes halogenated alkanes) is 1. The standard InChI is InChI=1S/C19H36N6O6/c1-3-11(2)16(18(29)24-13(19(30)31)6-4-5-9-20)25-17(28)12(7-8-14(22)26)23-15(27)10-21/h11-13,16H,3-10,20-21H2,1-2H3,(H2,22,26)(H,23,27)(H,24,29)(H,25,28)(H,30,31). The molecule has 0 aliphatic rings. The second-order valence-corrected chi connectivity index (χ2v) is 7.38. The highest BCUT2D eigenvalue weighted by Gasteiger charge is 2.32. The molecule has 0 aromatic rings. The van der Waals surface area contributed by atoms with Crippen LogP contribution in [0.3, 0.4) is 0 Å². The van der Waals surface area contributed by atoms with E-state index < -0.39 is 47.7 Å². The van der Waals surface area contributed by atoms with Crippen molar-refractivity contribution >= 4 is 29.6 Å². The number of nitrogens with one attached hydrogen (secondary N) is 3. The largest absolute Gasteiger partial charge is 0.480 e. The highest BCUT2D eigenvalue weighted by molar-refractivity contribution is 5.94. The van der Waals surface area contributed by atoms with Crippen LogP contribution in [-0.4, -0.2) is 65.9 Å². The van der Waals surface area contributed by atoms with Gasteiger partial charge in [0.2, 0.25) is 23.6 Å². The lowest BCUT2D eigenvalue weighted by atomic mass is 9.96. The maximum Gasteiger partial charge on any atom is 0.326 e. The molecule has 12 nitrogen and oxygen atoms in total. The Kier molecular flexibility index (Phi) is 13.8. The zero-order valence-corrected chi connectivity index (χ0v) is 18.2.